The van der Waals surface area contributed by atoms with Gasteiger partial charge in [0.2, 0.25) is 5.95 Å². The Balaban J connectivity index is 1.81. The topological polar surface area (TPSA) is 97.4 Å². The van der Waals surface area contributed by atoms with Crippen LogP contribution in [0.2, 0.25) is 0 Å². The molecule has 6 nitrogen and oxygen atoms in total. The third-order valence-electron chi connectivity index (χ3n) is 4.29. The molecule has 1 aromatic heterocycles. The van der Waals surface area contributed by atoms with Gasteiger partial charge in [0.05, 0.1) is 17.7 Å². The molecule has 3 rings (SSSR count). The summed E-state index contributed by atoms with van der Waals surface area (Å²) in [4.78, 5) is 8.77. The lowest BCUT2D eigenvalue weighted by atomic mass is 10.0. The largest absolute Gasteiger partial charge is 0.340 e. The van der Waals surface area contributed by atoms with Crippen LogP contribution in [0.15, 0.2) is 54.2 Å². The molecule has 0 bridgehead atoms. The number of aryl methyl sites for hydroxylation is 2. The van der Waals surface area contributed by atoms with E-state index in [0.717, 1.165) is 28.1 Å². The number of nitrogens with zero attached hydrogens (tertiary/aromatic N) is 4. The van der Waals surface area contributed by atoms with Crippen LogP contribution in [0.1, 0.15) is 29.2 Å². The molecule has 2 N–H and O–H groups in total. The van der Waals surface area contributed by atoms with Gasteiger partial charge in [-0.1, -0.05) is 0 Å². The van der Waals surface area contributed by atoms with Crippen molar-refractivity contribution in [2.45, 2.75) is 20.8 Å². The first-order valence-electron chi connectivity index (χ1n) is 9.05. The van der Waals surface area contributed by atoms with E-state index >= 15 is 0 Å². The second-order valence-corrected chi connectivity index (χ2v) is 6.67. The van der Waals surface area contributed by atoms with Crippen molar-refractivity contribution in [1.29, 1.82) is 10.5 Å². The van der Waals surface area contributed by atoms with Gasteiger partial charge in [-0.25, -0.2) is 4.98 Å². The van der Waals surface area contributed by atoms with Crippen molar-refractivity contribution in [2.75, 3.05) is 10.6 Å². The summed E-state index contributed by atoms with van der Waals surface area (Å²) in [7, 11) is 0. The number of anilines is 4. The zero-order valence-electron chi connectivity index (χ0n) is 16.5. The predicted molar refractivity (Wildman–Crippen MR) is 115 cm³/mol. The zero-order chi connectivity index (χ0) is 20.8. The number of nitrogens with one attached hydrogen (secondary N) is 2. The Hall–Kier alpha value is -4.16. The van der Waals surface area contributed by atoms with E-state index in [2.05, 4.69) is 32.7 Å². The number of nitriles is 2. The van der Waals surface area contributed by atoms with E-state index in [1.807, 2.05) is 44.2 Å². The van der Waals surface area contributed by atoms with Gasteiger partial charge in [0.15, 0.2) is 0 Å². The summed E-state index contributed by atoms with van der Waals surface area (Å²) >= 11 is 0. The molecule has 1 heterocycles. The van der Waals surface area contributed by atoms with Crippen LogP contribution in [0.5, 0.6) is 0 Å². The maximum absolute atomic E-state index is 8.98. The molecule has 29 heavy (non-hydrogen) atoms. The van der Waals surface area contributed by atoms with Gasteiger partial charge < -0.3 is 10.6 Å². The minimum absolute atomic E-state index is 0.458. The van der Waals surface area contributed by atoms with E-state index in [1.54, 1.807) is 31.3 Å². The Labute approximate surface area is 170 Å². The van der Waals surface area contributed by atoms with E-state index in [0.29, 0.717) is 22.9 Å². The van der Waals surface area contributed by atoms with Gasteiger partial charge in [-0.05, 0) is 86.0 Å². The fourth-order valence-corrected chi connectivity index (χ4v) is 2.93. The quantitative estimate of drug-likeness (QED) is 0.577. The fraction of sp³-hybridized carbons (Fsp3) is 0.130. The van der Waals surface area contributed by atoms with Crippen molar-refractivity contribution in [3.05, 3.63) is 76.5 Å². The lowest BCUT2D eigenvalue weighted by Gasteiger charge is -2.14. The maximum Gasteiger partial charge on any atom is 0.229 e. The molecule has 0 radical (unpaired) electrons. The molecule has 6 heteroatoms. The Morgan fingerprint density at radius 1 is 1.00 bits per heavy atom. The normalized spacial score (nSPS) is 10.7. The van der Waals surface area contributed by atoms with E-state index in [4.69, 9.17) is 10.5 Å². The van der Waals surface area contributed by atoms with Gasteiger partial charge in [-0.2, -0.15) is 15.5 Å². The number of hydrogen-bond donors (Lipinski definition) is 2. The van der Waals surface area contributed by atoms with Crippen LogP contribution in [-0.4, -0.2) is 9.97 Å². The van der Waals surface area contributed by atoms with Gasteiger partial charge in [0.25, 0.3) is 0 Å². The Kier molecular flexibility index (Phi) is 5.87. The van der Waals surface area contributed by atoms with Gasteiger partial charge in [0, 0.05) is 23.1 Å². The molecule has 0 saturated carbocycles. The minimum Gasteiger partial charge on any atom is -0.340 e. The summed E-state index contributed by atoms with van der Waals surface area (Å²) in [6.45, 7) is 5.83. The first-order valence-corrected chi connectivity index (χ1v) is 9.05. The summed E-state index contributed by atoms with van der Waals surface area (Å²) in [5.74, 6) is 1.12. The molecule has 0 spiro atoms. The molecule has 142 valence electrons. The lowest BCUT2D eigenvalue weighted by Crippen LogP contribution is -2.02. The molecule has 0 amide bonds. The molecular formula is C23H20N6. The van der Waals surface area contributed by atoms with Crippen LogP contribution >= 0.6 is 0 Å². The molecule has 0 aliphatic carbocycles. The van der Waals surface area contributed by atoms with Crippen LogP contribution in [-0.2, 0) is 0 Å². The van der Waals surface area contributed by atoms with Crippen LogP contribution < -0.4 is 10.6 Å². The van der Waals surface area contributed by atoms with Crippen molar-refractivity contribution in [3.8, 4) is 12.1 Å². The van der Waals surface area contributed by atoms with Gasteiger partial charge in [-0.3, -0.25) is 0 Å². The second-order valence-electron chi connectivity index (χ2n) is 6.67. The first kappa shape index (κ1) is 19.6. The summed E-state index contributed by atoms with van der Waals surface area (Å²) < 4.78 is 0. The third-order valence-corrected chi connectivity index (χ3v) is 4.29. The third kappa shape index (κ3) is 4.97. The summed E-state index contributed by atoms with van der Waals surface area (Å²) in [5, 5.41) is 24.4. The van der Waals surface area contributed by atoms with Crippen LogP contribution in [0.4, 0.5) is 23.1 Å². The molecule has 2 aromatic carbocycles. The van der Waals surface area contributed by atoms with Crippen LogP contribution in [0.3, 0.4) is 0 Å². The van der Waals surface area contributed by atoms with E-state index < -0.39 is 0 Å². The number of aromatic nitrogens is 2. The summed E-state index contributed by atoms with van der Waals surface area (Å²) in [6.07, 6.45) is 3.55. The average Bonchev–Trinajstić information content (AvgIpc) is 2.71. The fourth-order valence-electron chi connectivity index (χ4n) is 2.93. The second kappa shape index (κ2) is 8.69. The molecular weight excluding hydrogens is 360 g/mol. The number of hydrogen-bond acceptors (Lipinski definition) is 6. The summed E-state index contributed by atoms with van der Waals surface area (Å²) in [6, 6.07) is 17.2. The van der Waals surface area contributed by atoms with Crippen molar-refractivity contribution < 1.29 is 0 Å². The number of rotatable bonds is 5. The molecule has 3 aromatic rings. The first-order chi connectivity index (χ1) is 14.0. The van der Waals surface area contributed by atoms with E-state index in [9.17, 15) is 0 Å². The van der Waals surface area contributed by atoms with Gasteiger partial charge in [0.1, 0.15) is 5.82 Å². The minimum atomic E-state index is 0.458. The van der Waals surface area contributed by atoms with E-state index in [1.165, 1.54) is 0 Å². The Bertz CT molecular complexity index is 1120. The Morgan fingerprint density at radius 2 is 1.69 bits per heavy atom. The predicted octanol–water partition coefficient (Wildman–Crippen LogP) is 5.38. The standard InChI is InChI=1S/C23H20N6/c1-15(13-24)10-19-11-16(2)22(17(3)12-19)28-21-8-9-26-23(29-21)27-20-6-4-18(14-25)5-7-20/h4-12H,1-3H3,(H2,26,27,28,29). The summed E-state index contributed by atoms with van der Waals surface area (Å²) in [5.41, 5.74) is 6.15. The van der Waals surface area contributed by atoms with Crippen molar-refractivity contribution in [3.63, 3.8) is 0 Å². The highest BCUT2D eigenvalue weighted by Crippen LogP contribution is 2.27. The molecule has 0 aliphatic heterocycles. The highest BCUT2D eigenvalue weighted by Gasteiger charge is 2.07. The molecule has 0 aliphatic rings. The lowest BCUT2D eigenvalue weighted by molar-refractivity contribution is 1.16. The van der Waals surface area contributed by atoms with Crippen molar-refractivity contribution in [2.24, 2.45) is 0 Å². The maximum atomic E-state index is 8.98. The highest BCUT2D eigenvalue weighted by molar-refractivity contribution is 5.70. The monoisotopic (exact) mass is 380 g/mol. The molecule has 0 saturated heterocycles. The molecule has 0 atom stereocenters. The van der Waals surface area contributed by atoms with Crippen molar-refractivity contribution in [1.82, 2.24) is 9.97 Å². The number of benzene rings is 2. The van der Waals surface area contributed by atoms with Crippen LogP contribution in [0.25, 0.3) is 6.08 Å². The Morgan fingerprint density at radius 3 is 2.31 bits per heavy atom. The number of allylic oxidation sites excluding steroid dienone is 1. The highest BCUT2D eigenvalue weighted by atomic mass is 15.1. The van der Waals surface area contributed by atoms with Crippen molar-refractivity contribution >= 4 is 29.2 Å². The van der Waals surface area contributed by atoms with Crippen LogP contribution in [0, 0.1) is 36.5 Å². The average molecular weight is 380 g/mol. The van der Waals surface area contributed by atoms with E-state index in [-0.39, 0.29) is 0 Å². The molecule has 0 fully saturated rings. The van der Waals surface area contributed by atoms with Gasteiger partial charge in [-0.15, -0.1) is 0 Å². The SMILES string of the molecule is CC(C#N)=Cc1cc(C)c(Nc2ccnc(Nc3ccc(C#N)cc3)n2)c(C)c1. The molecule has 0 unspecified atom stereocenters. The zero-order valence-corrected chi connectivity index (χ0v) is 16.5. The smallest absolute Gasteiger partial charge is 0.229 e. The van der Waals surface area contributed by atoms with Gasteiger partial charge >= 0.3 is 0 Å².